The number of fused-ring (bicyclic) bond motifs is 1. The van der Waals surface area contributed by atoms with E-state index >= 15 is 0 Å². The van der Waals surface area contributed by atoms with Crippen LogP contribution in [0.3, 0.4) is 0 Å². The van der Waals surface area contributed by atoms with Crippen LogP contribution < -0.4 is 10.9 Å². The van der Waals surface area contributed by atoms with E-state index in [-0.39, 0.29) is 17.9 Å². The maximum atomic E-state index is 12.5. The van der Waals surface area contributed by atoms with Crippen LogP contribution in [0, 0.1) is 6.92 Å². The molecule has 28 heavy (non-hydrogen) atoms. The quantitative estimate of drug-likeness (QED) is 0.589. The van der Waals surface area contributed by atoms with Crippen molar-refractivity contribution in [2.24, 2.45) is 0 Å². The van der Waals surface area contributed by atoms with Gasteiger partial charge in [-0.25, -0.2) is 9.78 Å². The summed E-state index contributed by atoms with van der Waals surface area (Å²) < 4.78 is 6.58. The lowest BCUT2D eigenvalue weighted by molar-refractivity contribution is -0.149. The number of urea groups is 1. The van der Waals surface area contributed by atoms with Crippen LogP contribution in [-0.2, 0) is 20.9 Å². The lowest BCUT2D eigenvalue weighted by Gasteiger charge is -2.22. The number of ether oxygens (including phenoxy) is 1. The number of hydrogen-bond acceptors (Lipinski definition) is 6. The van der Waals surface area contributed by atoms with E-state index in [2.05, 4.69) is 10.3 Å². The molecule has 0 atom stereocenters. The molecule has 1 fully saturated rings. The summed E-state index contributed by atoms with van der Waals surface area (Å²) in [6.45, 7) is 4.68. The molecule has 9 heteroatoms. The maximum absolute atomic E-state index is 12.5. The largest absolute Gasteiger partial charge is 0.458 e. The summed E-state index contributed by atoms with van der Waals surface area (Å²) in [5.74, 6) is -1.19. The Hall–Kier alpha value is -3.23. The second kappa shape index (κ2) is 7.41. The van der Waals surface area contributed by atoms with Crippen LogP contribution in [-0.4, -0.2) is 44.3 Å². The van der Waals surface area contributed by atoms with Crippen LogP contribution in [0.5, 0.6) is 0 Å². The first-order valence-corrected chi connectivity index (χ1v) is 9.09. The van der Waals surface area contributed by atoms with Crippen LogP contribution in [0.2, 0.25) is 0 Å². The van der Waals surface area contributed by atoms with Crippen molar-refractivity contribution in [1.29, 1.82) is 0 Å². The molecule has 3 heterocycles. The van der Waals surface area contributed by atoms with Gasteiger partial charge in [-0.3, -0.25) is 23.7 Å². The number of carbonyl (C=O) groups excluding carboxylic acids is 3. The zero-order valence-corrected chi connectivity index (χ0v) is 16.0. The Morgan fingerprint density at radius 1 is 1.21 bits per heavy atom. The summed E-state index contributed by atoms with van der Waals surface area (Å²) in [5, 5.41) is 2.65. The van der Waals surface area contributed by atoms with Crippen molar-refractivity contribution < 1.29 is 19.1 Å². The summed E-state index contributed by atoms with van der Waals surface area (Å²) in [5.41, 5.74) is 0.233. The highest BCUT2D eigenvalue weighted by Gasteiger charge is 2.49. The summed E-state index contributed by atoms with van der Waals surface area (Å²) in [6, 6.07) is 5.93. The molecule has 3 amide bonds. The summed E-state index contributed by atoms with van der Waals surface area (Å²) in [7, 11) is 0. The van der Waals surface area contributed by atoms with E-state index in [4.69, 9.17) is 4.74 Å². The normalized spacial score (nSPS) is 15.8. The molecule has 0 bridgehead atoms. The van der Waals surface area contributed by atoms with Crippen molar-refractivity contribution in [3.05, 3.63) is 46.0 Å². The smallest absolute Gasteiger partial charge is 0.326 e. The topological polar surface area (TPSA) is 110 Å². The van der Waals surface area contributed by atoms with E-state index in [1.54, 1.807) is 39.0 Å². The second-order valence-corrected chi connectivity index (χ2v) is 6.72. The van der Waals surface area contributed by atoms with Gasteiger partial charge >= 0.3 is 12.0 Å². The molecule has 1 saturated heterocycles. The Morgan fingerprint density at radius 2 is 1.93 bits per heavy atom. The van der Waals surface area contributed by atoms with Gasteiger partial charge in [-0.2, -0.15) is 0 Å². The number of esters is 1. The first kappa shape index (κ1) is 19.5. The van der Waals surface area contributed by atoms with Gasteiger partial charge in [-0.05, 0) is 31.9 Å². The average Bonchev–Trinajstić information content (AvgIpc) is 2.91. The van der Waals surface area contributed by atoms with Crippen molar-refractivity contribution in [2.45, 2.75) is 45.8 Å². The van der Waals surface area contributed by atoms with Gasteiger partial charge in [0.1, 0.15) is 24.3 Å². The van der Waals surface area contributed by atoms with Gasteiger partial charge < -0.3 is 10.1 Å². The van der Waals surface area contributed by atoms with E-state index in [9.17, 15) is 19.2 Å². The molecule has 0 radical (unpaired) electrons. The number of aryl methyl sites for hydroxylation is 1. The predicted molar refractivity (Wildman–Crippen MR) is 99.6 cm³/mol. The van der Waals surface area contributed by atoms with Gasteiger partial charge in [0, 0.05) is 11.8 Å². The number of carbonyl (C=O) groups is 3. The first-order valence-electron chi connectivity index (χ1n) is 9.09. The third kappa shape index (κ3) is 3.35. The average molecular weight is 386 g/mol. The summed E-state index contributed by atoms with van der Waals surface area (Å²) in [4.78, 5) is 54.2. The SMILES string of the molecule is CCC1(CC)NC(=O)N(CC(=O)OCc2cc(=O)n3c(C)cccc3n2)C1=O. The zero-order chi connectivity index (χ0) is 20.5. The fraction of sp³-hybridized carbons (Fsp3) is 0.421. The number of aromatic nitrogens is 2. The molecule has 3 rings (SSSR count). The molecular weight excluding hydrogens is 364 g/mol. The lowest BCUT2D eigenvalue weighted by atomic mass is 9.93. The minimum atomic E-state index is -0.968. The molecule has 0 aromatic carbocycles. The number of imide groups is 1. The van der Waals surface area contributed by atoms with Gasteiger partial charge in [0.15, 0.2) is 0 Å². The second-order valence-electron chi connectivity index (χ2n) is 6.72. The maximum Gasteiger partial charge on any atom is 0.326 e. The van der Waals surface area contributed by atoms with E-state index in [0.29, 0.717) is 18.5 Å². The van der Waals surface area contributed by atoms with Crippen molar-refractivity contribution in [3.63, 3.8) is 0 Å². The minimum Gasteiger partial charge on any atom is -0.458 e. The van der Waals surface area contributed by atoms with E-state index in [1.807, 2.05) is 0 Å². The monoisotopic (exact) mass is 386 g/mol. The van der Waals surface area contributed by atoms with E-state index in [1.165, 1.54) is 10.5 Å². The third-order valence-corrected chi connectivity index (χ3v) is 5.05. The zero-order valence-electron chi connectivity index (χ0n) is 16.0. The van der Waals surface area contributed by atoms with Gasteiger partial charge in [0.25, 0.3) is 11.5 Å². The third-order valence-electron chi connectivity index (χ3n) is 5.05. The minimum absolute atomic E-state index is 0.227. The predicted octanol–water partition coefficient (Wildman–Crippen LogP) is 1.16. The summed E-state index contributed by atoms with van der Waals surface area (Å²) >= 11 is 0. The van der Waals surface area contributed by atoms with Gasteiger partial charge in [0.2, 0.25) is 0 Å². The number of nitrogens with one attached hydrogen (secondary N) is 1. The van der Waals surface area contributed by atoms with Gasteiger partial charge in [-0.15, -0.1) is 0 Å². The molecule has 148 valence electrons. The Labute approximate surface area is 161 Å². The van der Waals surface area contributed by atoms with Gasteiger partial charge in [-0.1, -0.05) is 19.9 Å². The number of rotatable bonds is 6. The van der Waals surface area contributed by atoms with Crippen molar-refractivity contribution in [3.8, 4) is 0 Å². The Kier molecular flexibility index (Phi) is 5.17. The molecule has 1 aliphatic heterocycles. The number of nitrogens with zero attached hydrogens (tertiary/aromatic N) is 3. The van der Waals surface area contributed by atoms with Crippen LogP contribution in [0.4, 0.5) is 4.79 Å². The highest BCUT2D eigenvalue weighted by atomic mass is 16.5. The molecular formula is C19H22N4O5. The fourth-order valence-corrected chi connectivity index (χ4v) is 3.32. The standard InChI is InChI=1S/C19H22N4O5/c1-4-19(5-2)17(26)22(18(27)21-19)10-16(25)28-11-13-9-15(24)23-12(3)7-6-8-14(23)20-13/h6-9H,4-5,10-11H2,1-3H3,(H,21,27). The molecule has 1 aliphatic rings. The van der Waals surface area contributed by atoms with Crippen LogP contribution in [0.25, 0.3) is 5.65 Å². The molecule has 2 aromatic rings. The van der Waals surface area contributed by atoms with Crippen LogP contribution in [0.15, 0.2) is 29.1 Å². The summed E-state index contributed by atoms with van der Waals surface area (Å²) in [6.07, 6.45) is 0.869. The highest BCUT2D eigenvalue weighted by Crippen LogP contribution is 2.24. The van der Waals surface area contributed by atoms with E-state index < -0.39 is 30.0 Å². The Balaban J connectivity index is 1.68. The lowest BCUT2D eigenvalue weighted by Crippen LogP contribution is -2.46. The molecule has 9 nitrogen and oxygen atoms in total. The molecule has 1 N–H and O–H groups in total. The number of hydrogen-bond donors (Lipinski definition) is 1. The first-order chi connectivity index (χ1) is 13.3. The Morgan fingerprint density at radius 3 is 2.57 bits per heavy atom. The number of amides is 3. The molecule has 0 aliphatic carbocycles. The highest BCUT2D eigenvalue weighted by molar-refractivity contribution is 6.08. The van der Waals surface area contributed by atoms with Crippen molar-refractivity contribution >= 4 is 23.6 Å². The van der Waals surface area contributed by atoms with Crippen molar-refractivity contribution in [1.82, 2.24) is 19.6 Å². The van der Waals surface area contributed by atoms with Crippen LogP contribution in [0.1, 0.15) is 38.1 Å². The molecule has 0 spiro atoms. The van der Waals surface area contributed by atoms with E-state index in [0.717, 1.165) is 10.6 Å². The number of pyridine rings is 1. The van der Waals surface area contributed by atoms with Gasteiger partial charge in [0.05, 0.1) is 5.69 Å². The molecule has 0 unspecified atom stereocenters. The Bertz CT molecular complexity index is 1010. The molecule has 0 saturated carbocycles. The van der Waals surface area contributed by atoms with Crippen LogP contribution >= 0.6 is 0 Å². The molecule has 2 aromatic heterocycles. The fourth-order valence-electron chi connectivity index (χ4n) is 3.32. The van der Waals surface area contributed by atoms with Crippen molar-refractivity contribution in [2.75, 3.05) is 6.54 Å².